The number of benzene rings is 2. The highest BCUT2D eigenvalue weighted by Crippen LogP contribution is 2.34. The van der Waals surface area contributed by atoms with Crippen LogP contribution in [0.1, 0.15) is 43.1 Å². The fraction of sp³-hybridized carbons (Fsp3) is 0.333. The molecule has 2 N–H and O–H groups in total. The number of carbonyl (C=O) groups excluding carboxylic acids is 1. The van der Waals surface area contributed by atoms with Crippen LogP contribution in [0.4, 0.5) is 10.7 Å². The summed E-state index contributed by atoms with van der Waals surface area (Å²) in [5, 5.41) is 31.6. The number of aliphatic carboxylic acids is 2. The number of carbonyl (C=O) groups is 3. The second kappa shape index (κ2) is 18.3. The number of ether oxygens (including phenoxy) is 2. The molecule has 2 unspecified atom stereocenters. The van der Waals surface area contributed by atoms with Gasteiger partial charge in [-0.2, -0.15) is 10.1 Å². The minimum absolute atomic E-state index is 0.200. The van der Waals surface area contributed by atoms with Crippen LogP contribution in [-0.2, 0) is 24.7 Å². The zero-order valence-corrected chi connectivity index (χ0v) is 27.2. The number of hydrogen-bond acceptors (Lipinski definition) is 10. The number of furan rings is 1. The second-order valence-corrected chi connectivity index (χ2v) is 11.2. The molecule has 3 aromatic rings. The molecule has 15 heteroatoms. The number of carboxylic acid groups (broad SMARTS) is 2. The molecule has 48 heavy (non-hydrogen) atoms. The van der Waals surface area contributed by atoms with Crippen LogP contribution in [0.25, 0.3) is 0 Å². The number of nitrogens with zero attached hydrogens (tertiary/aromatic N) is 4. The summed E-state index contributed by atoms with van der Waals surface area (Å²) in [4.78, 5) is 42.2. The molecule has 0 bridgehead atoms. The average molecular weight is 685 g/mol. The molecular formula is C33H37ClN4O10. The second-order valence-electron chi connectivity index (χ2n) is 10.7. The van der Waals surface area contributed by atoms with Crippen molar-refractivity contribution in [3.8, 4) is 0 Å². The first-order valence-corrected chi connectivity index (χ1v) is 15.3. The monoisotopic (exact) mass is 684 g/mol. The Hall–Kier alpha value is -5.05. The highest BCUT2D eigenvalue weighted by atomic mass is 35.5. The number of hydrazone groups is 1. The molecule has 2 aliphatic rings. The molecule has 256 valence electrons. The first kappa shape index (κ1) is 37.4. The van der Waals surface area contributed by atoms with Gasteiger partial charge in [-0.3, -0.25) is 10.1 Å². The van der Waals surface area contributed by atoms with Crippen LogP contribution in [0.2, 0.25) is 5.02 Å². The Morgan fingerprint density at radius 3 is 2.23 bits per heavy atom. The summed E-state index contributed by atoms with van der Waals surface area (Å²) < 4.78 is 15.9. The van der Waals surface area contributed by atoms with Crippen LogP contribution in [-0.4, -0.2) is 88.7 Å². The molecule has 5 rings (SSSR count). The van der Waals surface area contributed by atoms with Gasteiger partial charge in [0.25, 0.3) is 0 Å². The summed E-state index contributed by atoms with van der Waals surface area (Å²) in [5.74, 6) is -2.68. The molecular weight excluding hydrogens is 648 g/mol. The van der Waals surface area contributed by atoms with Crippen molar-refractivity contribution in [2.45, 2.75) is 37.8 Å². The zero-order valence-electron chi connectivity index (χ0n) is 26.4. The lowest BCUT2D eigenvalue weighted by molar-refractivity contribution is -0.402. The van der Waals surface area contributed by atoms with Gasteiger partial charge in [-0.15, -0.1) is 0 Å². The summed E-state index contributed by atoms with van der Waals surface area (Å²) in [7, 11) is 2.22. The van der Waals surface area contributed by atoms with Crippen molar-refractivity contribution < 1.29 is 43.4 Å². The van der Waals surface area contributed by atoms with Crippen LogP contribution in [0.15, 0.2) is 88.4 Å². The Bertz CT molecular complexity index is 1560. The Kier molecular flexibility index (Phi) is 14.3. The van der Waals surface area contributed by atoms with Crippen molar-refractivity contribution in [2.24, 2.45) is 5.10 Å². The van der Waals surface area contributed by atoms with Gasteiger partial charge in [0.15, 0.2) is 5.76 Å². The summed E-state index contributed by atoms with van der Waals surface area (Å²) >= 11 is 6.07. The van der Waals surface area contributed by atoms with E-state index >= 15 is 0 Å². The van der Waals surface area contributed by atoms with E-state index in [1.54, 1.807) is 0 Å². The largest absolute Gasteiger partial charge is 0.478 e. The minimum atomic E-state index is -1.26. The number of hydrogen-bond donors (Lipinski definition) is 2. The van der Waals surface area contributed by atoms with Crippen LogP contribution in [0.3, 0.4) is 0 Å². The van der Waals surface area contributed by atoms with Gasteiger partial charge in [-0.05, 0) is 69.1 Å². The molecule has 3 heterocycles. The topological polar surface area (TPSA) is 185 Å². The van der Waals surface area contributed by atoms with Gasteiger partial charge in [-0.25, -0.2) is 14.4 Å². The van der Waals surface area contributed by atoms with Crippen molar-refractivity contribution in [2.75, 3.05) is 33.4 Å². The highest BCUT2D eigenvalue weighted by Gasteiger charge is 2.31. The van der Waals surface area contributed by atoms with E-state index in [4.69, 9.17) is 31.0 Å². The number of likely N-dealkylation sites (tertiary alicyclic amines) is 1. The first-order chi connectivity index (χ1) is 22.9. The quantitative estimate of drug-likeness (QED) is 0.108. The summed E-state index contributed by atoms with van der Waals surface area (Å²) in [6.07, 6.45) is 5.45. The smallest absolute Gasteiger partial charge is 0.433 e. The van der Waals surface area contributed by atoms with E-state index < -0.39 is 28.6 Å². The van der Waals surface area contributed by atoms with Gasteiger partial charge >= 0.3 is 23.9 Å². The van der Waals surface area contributed by atoms with E-state index in [0.29, 0.717) is 24.7 Å². The standard InChI is InChI=1S/C21H26ClNO.C8H7N3O5.C4H4O4/c1-21(17-7-4-3-5-8-17,18-10-12-19(22)13-11-18)24-16-14-20-9-6-15-23(20)2;12-8-10(3-4-15-8)9-5-6-1-2-7(16-6)11(13)14;5-3(6)1-2-4(7)8/h3-5,7-8,10-13,20H,6,9,14-16H2,1-2H3;1-2,5H,3-4H2;1-2H,(H,5,6)(H,7,8). The van der Waals surface area contributed by atoms with Gasteiger partial charge in [0, 0.05) is 29.8 Å². The van der Waals surface area contributed by atoms with Crippen LogP contribution < -0.4 is 0 Å². The van der Waals surface area contributed by atoms with Crippen molar-refractivity contribution in [3.05, 3.63) is 111 Å². The molecule has 2 saturated heterocycles. The fourth-order valence-electron chi connectivity index (χ4n) is 4.87. The van der Waals surface area contributed by atoms with E-state index in [-0.39, 0.29) is 18.3 Å². The van der Waals surface area contributed by atoms with Crippen LogP contribution in [0.5, 0.6) is 0 Å². The van der Waals surface area contributed by atoms with Crippen LogP contribution >= 0.6 is 11.6 Å². The van der Waals surface area contributed by atoms with Gasteiger partial charge in [0.05, 0.1) is 18.8 Å². The van der Waals surface area contributed by atoms with E-state index in [0.717, 1.165) is 28.6 Å². The van der Waals surface area contributed by atoms with Crippen LogP contribution in [0, 0.1) is 10.1 Å². The van der Waals surface area contributed by atoms with Crippen molar-refractivity contribution >= 4 is 41.7 Å². The summed E-state index contributed by atoms with van der Waals surface area (Å²) in [6, 6.07) is 21.7. The first-order valence-electron chi connectivity index (χ1n) is 14.9. The number of cyclic esters (lactones) is 1. The highest BCUT2D eigenvalue weighted by molar-refractivity contribution is 6.30. The van der Waals surface area contributed by atoms with E-state index in [1.807, 2.05) is 18.2 Å². The maximum atomic E-state index is 11.0. The molecule has 2 atom stereocenters. The van der Waals surface area contributed by atoms with Crippen molar-refractivity contribution in [1.29, 1.82) is 0 Å². The molecule has 14 nitrogen and oxygen atoms in total. The third-order valence-corrected chi connectivity index (χ3v) is 7.71. The predicted octanol–water partition coefficient (Wildman–Crippen LogP) is 5.79. The average Bonchev–Trinajstić information content (AvgIpc) is 3.82. The number of nitro groups is 1. The molecule has 2 aromatic carbocycles. The molecule has 1 amide bonds. The predicted molar refractivity (Wildman–Crippen MR) is 176 cm³/mol. The third-order valence-electron chi connectivity index (χ3n) is 7.46. The maximum Gasteiger partial charge on any atom is 0.433 e. The Morgan fingerprint density at radius 1 is 1.06 bits per heavy atom. The number of amides is 1. The van der Waals surface area contributed by atoms with Gasteiger partial charge < -0.3 is 29.0 Å². The SMILES string of the molecule is CN1CCCC1CCOC(C)(c1ccccc1)c1ccc(Cl)cc1.O=C(O)C=CC(=O)O.O=C1OCCN1N=Cc1ccc([N+](=O)[O-])o1. The molecule has 0 saturated carbocycles. The van der Waals surface area contributed by atoms with Crippen molar-refractivity contribution in [3.63, 3.8) is 0 Å². The molecule has 2 fully saturated rings. The number of rotatable bonds is 11. The molecule has 2 aliphatic heterocycles. The van der Waals surface area contributed by atoms with Crippen molar-refractivity contribution in [1.82, 2.24) is 9.91 Å². The lowest BCUT2D eigenvalue weighted by Crippen LogP contribution is -2.31. The van der Waals surface area contributed by atoms with E-state index in [1.165, 1.54) is 43.3 Å². The fourth-order valence-corrected chi connectivity index (χ4v) is 5.00. The van der Waals surface area contributed by atoms with Gasteiger partial charge in [0.2, 0.25) is 0 Å². The maximum absolute atomic E-state index is 11.0. The van der Waals surface area contributed by atoms with Gasteiger partial charge in [-0.1, -0.05) is 54.1 Å². The zero-order chi connectivity index (χ0) is 35.1. The molecule has 0 radical (unpaired) electrons. The molecule has 1 aromatic heterocycles. The number of carboxylic acids is 2. The Balaban J connectivity index is 0.000000224. The molecule has 0 spiro atoms. The summed E-state index contributed by atoms with van der Waals surface area (Å²) in [6.45, 7) is 4.76. The lowest BCUT2D eigenvalue weighted by atomic mass is 9.88. The molecule has 0 aliphatic carbocycles. The van der Waals surface area contributed by atoms with E-state index in [2.05, 4.69) is 65.1 Å². The lowest BCUT2D eigenvalue weighted by Gasteiger charge is -2.32. The van der Waals surface area contributed by atoms with E-state index in [9.17, 15) is 24.5 Å². The Morgan fingerprint density at radius 2 is 1.71 bits per heavy atom. The normalized spacial score (nSPS) is 17.3. The summed E-state index contributed by atoms with van der Waals surface area (Å²) in [5.41, 5.74) is 1.85. The Labute approximate surface area is 281 Å². The van der Waals surface area contributed by atoms with Gasteiger partial charge in [0.1, 0.15) is 17.1 Å². The number of halogens is 1. The third kappa shape index (κ3) is 11.6. The minimum Gasteiger partial charge on any atom is -0.478 e.